The molecule has 0 aliphatic carbocycles. The highest BCUT2D eigenvalue weighted by molar-refractivity contribution is 7.09. The van der Waals surface area contributed by atoms with Gasteiger partial charge in [-0.1, -0.05) is 12.1 Å². The number of rotatable bonds is 5. The monoisotopic (exact) mass is 233 g/mol. The van der Waals surface area contributed by atoms with E-state index in [4.69, 9.17) is 0 Å². The zero-order valence-corrected chi connectivity index (χ0v) is 10.1. The molecule has 0 radical (unpaired) electrons. The first-order valence-corrected chi connectivity index (χ1v) is 6.08. The van der Waals surface area contributed by atoms with Crippen LogP contribution in [0.15, 0.2) is 36.4 Å². The highest BCUT2D eigenvalue weighted by atomic mass is 32.1. The van der Waals surface area contributed by atoms with E-state index in [0.717, 1.165) is 24.7 Å². The van der Waals surface area contributed by atoms with Crippen molar-refractivity contribution in [1.29, 1.82) is 0 Å². The van der Waals surface area contributed by atoms with Gasteiger partial charge in [-0.25, -0.2) is 4.98 Å². The van der Waals surface area contributed by atoms with Gasteiger partial charge in [0.15, 0.2) is 0 Å². The van der Waals surface area contributed by atoms with Crippen molar-refractivity contribution in [3.8, 4) is 0 Å². The average Bonchev–Trinajstić information content (AvgIpc) is 2.86. The van der Waals surface area contributed by atoms with Gasteiger partial charge in [-0.2, -0.15) is 0 Å². The van der Waals surface area contributed by atoms with E-state index in [1.165, 1.54) is 4.88 Å². The lowest BCUT2D eigenvalue weighted by Gasteiger charge is -2.06. The van der Waals surface area contributed by atoms with Gasteiger partial charge in [-0.3, -0.25) is 0 Å². The fraction of sp³-hybridized carbons (Fsp3) is 0.250. The fourth-order valence-corrected chi connectivity index (χ4v) is 2.19. The third-order valence-electron chi connectivity index (χ3n) is 2.22. The topological polar surface area (TPSA) is 29.9 Å². The zero-order valence-electron chi connectivity index (χ0n) is 9.31. The van der Waals surface area contributed by atoms with Crippen molar-refractivity contribution in [2.45, 2.75) is 20.0 Å². The summed E-state index contributed by atoms with van der Waals surface area (Å²) >= 11 is 1.75. The van der Waals surface area contributed by atoms with Crippen LogP contribution in [0.25, 0.3) is 0 Å². The van der Waals surface area contributed by atoms with E-state index in [-0.39, 0.29) is 0 Å². The van der Waals surface area contributed by atoms with Gasteiger partial charge in [0, 0.05) is 17.6 Å². The fourth-order valence-electron chi connectivity index (χ4n) is 1.55. The summed E-state index contributed by atoms with van der Waals surface area (Å²) < 4.78 is 2.07. The minimum atomic E-state index is 0.785. The van der Waals surface area contributed by atoms with Crippen LogP contribution in [0.3, 0.4) is 0 Å². The van der Waals surface area contributed by atoms with E-state index in [0.29, 0.717) is 0 Å². The lowest BCUT2D eigenvalue weighted by molar-refractivity contribution is 0.820. The van der Waals surface area contributed by atoms with Crippen LogP contribution in [-0.4, -0.2) is 9.55 Å². The number of nitrogens with zero attached hydrogens (tertiary/aromatic N) is 2. The Hall–Kier alpha value is -1.55. The molecule has 3 nitrogen and oxygen atoms in total. The van der Waals surface area contributed by atoms with E-state index in [9.17, 15) is 0 Å². The molecule has 0 spiro atoms. The molecule has 2 heterocycles. The van der Waals surface area contributed by atoms with E-state index in [1.807, 2.05) is 19.2 Å². The minimum absolute atomic E-state index is 0.785. The normalized spacial score (nSPS) is 10.3. The first-order chi connectivity index (χ1) is 7.79. The van der Waals surface area contributed by atoms with E-state index < -0.39 is 0 Å². The van der Waals surface area contributed by atoms with E-state index in [2.05, 4.69) is 39.0 Å². The summed E-state index contributed by atoms with van der Waals surface area (Å²) in [6.07, 6.45) is 3.90. The molecular formula is C12H15N3S. The molecule has 0 saturated heterocycles. The van der Waals surface area contributed by atoms with Crippen LogP contribution in [-0.2, 0) is 13.1 Å². The Morgan fingerprint density at radius 3 is 3.19 bits per heavy atom. The number of hydrogen-bond donors (Lipinski definition) is 1. The largest absolute Gasteiger partial charge is 0.351 e. The van der Waals surface area contributed by atoms with Crippen LogP contribution in [0.2, 0.25) is 0 Å². The smallest absolute Gasteiger partial charge is 0.203 e. The third kappa shape index (κ3) is 2.52. The van der Waals surface area contributed by atoms with Crippen molar-refractivity contribution in [3.63, 3.8) is 0 Å². The number of aryl methyl sites for hydroxylation is 1. The number of allylic oxidation sites excluding steroid dienone is 1. The first-order valence-electron chi connectivity index (χ1n) is 5.20. The molecular weight excluding hydrogens is 218 g/mol. The SMILES string of the molecule is C=CCn1cc(C)nc1NCc1cccs1. The van der Waals surface area contributed by atoms with E-state index >= 15 is 0 Å². The maximum atomic E-state index is 4.44. The molecule has 16 heavy (non-hydrogen) atoms. The maximum Gasteiger partial charge on any atom is 0.203 e. The minimum Gasteiger partial charge on any atom is -0.351 e. The van der Waals surface area contributed by atoms with Gasteiger partial charge in [-0.05, 0) is 18.4 Å². The molecule has 0 amide bonds. The first kappa shape index (κ1) is 11.0. The van der Waals surface area contributed by atoms with Gasteiger partial charge in [0.1, 0.15) is 0 Å². The Balaban J connectivity index is 2.05. The number of hydrogen-bond acceptors (Lipinski definition) is 3. The second-order valence-corrected chi connectivity index (χ2v) is 4.61. The molecule has 2 rings (SSSR count). The Labute approximate surface area is 99.5 Å². The number of imidazole rings is 1. The number of thiophene rings is 1. The van der Waals surface area contributed by atoms with Crippen molar-refractivity contribution < 1.29 is 0 Å². The van der Waals surface area contributed by atoms with Crippen molar-refractivity contribution in [1.82, 2.24) is 9.55 Å². The van der Waals surface area contributed by atoms with Gasteiger partial charge in [0.05, 0.1) is 12.2 Å². The van der Waals surface area contributed by atoms with Crippen LogP contribution in [0.5, 0.6) is 0 Å². The Kier molecular flexibility index (Phi) is 3.41. The van der Waals surface area contributed by atoms with Crippen molar-refractivity contribution in [2.75, 3.05) is 5.32 Å². The lowest BCUT2D eigenvalue weighted by Crippen LogP contribution is -2.05. The molecule has 0 fully saturated rings. The van der Waals surface area contributed by atoms with Crippen LogP contribution in [0.4, 0.5) is 5.95 Å². The summed E-state index contributed by atoms with van der Waals surface area (Å²) in [5.74, 6) is 0.908. The van der Waals surface area contributed by atoms with Gasteiger partial charge in [-0.15, -0.1) is 17.9 Å². The molecule has 84 valence electrons. The highest BCUT2D eigenvalue weighted by Gasteiger charge is 2.03. The van der Waals surface area contributed by atoms with Gasteiger partial charge in [0.25, 0.3) is 0 Å². The quantitative estimate of drug-likeness (QED) is 0.804. The maximum absolute atomic E-state index is 4.44. The number of aromatic nitrogens is 2. The summed E-state index contributed by atoms with van der Waals surface area (Å²) in [5, 5.41) is 5.42. The van der Waals surface area contributed by atoms with Gasteiger partial charge < -0.3 is 9.88 Å². The molecule has 0 aliphatic heterocycles. The summed E-state index contributed by atoms with van der Waals surface area (Å²) in [7, 11) is 0. The van der Waals surface area contributed by atoms with Crippen molar-refractivity contribution in [3.05, 3.63) is 46.9 Å². The molecule has 0 aromatic carbocycles. The van der Waals surface area contributed by atoms with E-state index in [1.54, 1.807) is 11.3 Å². The third-order valence-corrected chi connectivity index (χ3v) is 3.10. The van der Waals surface area contributed by atoms with Gasteiger partial charge >= 0.3 is 0 Å². The molecule has 0 aliphatic rings. The van der Waals surface area contributed by atoms with Crippen molar-refractivity contribution >= 4 is 17.3 Å². The van der Waals surface area contributed by atoms with Crippen molar-refractivity contribution in [2.24, 2.45) is 0 Å². The number of nitrogens with one attached hydrogen (secondary N) is 1. The predicted molar refractivity (Wildman–Crippen MR) is 68.8 cm³/mol. The highest BCUT2D eigenvalue weighted by Crippen LogP contribution is 2.13. The average molecular weight is 233 g/mol. The molecule has 2 aromatic heterocycles. The summed E-state index contributed by atoms with van der Waals surface area (Å²) in [6, 6.07) is 4.18. The summed E-state index contributed by atoms with van der Waals surface area (Å²) in [6.45, 7) is 7.35. The molecule has 2 aromatic rings. The standard InChI is InChI=1S/C12H15N3S/c1-3-6-15-9-10(2)14-12(15)13-8-11-5-4-7-16-11/h3-5,7,9H,1,6,8H2,2H3,(H,13,14). The molecule has 0 atom stereocenters. The summed E-state index contributed by atoms with van der Waals surface area (Å²) in [4.78, 5) is 5.75. The molecule has 0 saturated carbocycles. The van der Waals surface area contributed by atoms with Crippen LogP contribution >= 0.6 is 11.3 Å². The predicted octanol–water partition coefficient (Wildman–Crippen LogP) is 3.05. The van der Waals surface area contributed by atoms with Gasteiger partial charge in [0.2, 0.25) is 5.95 Å². The van der Waals surface area contributed by atoms with Crippen LogP contribution in [0, 0.1) is 6.92 Å². The molecule has 4 heteroatoms. The number of anilines is 1. The lowest BCUT2D eigenvalue weighted by atomic mass is 10.5. The Morgan fingerprint density at radius 1 is 1.62 bits per heavy atom. The van der Waals surface area contributed by atoms with Crippen LogP contribution < -0.4 is 5.32 Å². The summed E-state index contributed by atoms with van der Waals surface area (Å²) in [5.41, 5.74) is 1.02. The van der Waals surface area contributed by atoms with Crippen LogP contribution in [0.1, 0.15) is 10.6 Å². The second-order valence-electron chi connectivity index (χ2n) is 3.58. The Bertz CT molecular complexity index is 457. The molecule has 1 N–H and O–H groups in total. The zero-order chi connectivity index (χ0) is 11.4. The Morgan fingerprint density at radius 2 is 2.50 bits per heavy atom. The molecule has 0 unspecified atom stereocenters. The molecule has 0 bridgehead atoms. The second kappa shape index (κ2) is 4.99.